The van der Waals surface area contributed by atoms with Crippen molar-refractivity contribution in [3.05, 3.63) is 0 Å². The molecule has 6 rings (SSSR count). The SMILES string of the molecule is CC(C)C1NCCC2CCCOC3C(F)CCC(F)C3C3NC4C(CC3C)C(N3C[C@@H](C)NC[C@@H]3C)NC(=O)N4C21. The van der Waals surface area contributed by atoms with Crippen LogP contribution in [0.25, 0.3) is 0 Å². The average molecular weight is 581 g/mol. The zero-order valence-electron chi connectivity index (χ0n) is 25.7. The maximum Gasteiger partial charge on any atom is 0.320 e. The number of piperazine rings is 1. The van der Waals surface area contributed by atoms with E-state index in [0.29, 0.717) is 24.5 Å². The summed E-state index contributed by atoms with van der Waals surface area (Å²) in [5.74, 6) is 0.374. The molecule has 41 heavy (non-hydrogen) atoms. The Bertz CT molecular complexity index is 929. The summed E-state index contributed by atoms with van der Waals surface area (Å²) in [4.78, 5) is 19.0. The Balaban J connectivity index is 1.42. The summed E-state index contributed by atoms with van der Waals surface area (Å²) >= 11 is 0. The molecule has 1 saturated carbocycles. The number of carbonyl (C=O) groups is 1. The Morgan fingerprint density at radius 1 is 1.00 bits per heavy atom. The van der Waals surface area contributed by atoms with Crippen LogP contribution in [0.1, 0.15) is 73.1 Å². The minimum Gasteiger partial charge on any atom is -0.375 e. The van der Waals surface area contributed by atoms with E-state index >= 15 is 8.78 Å². The maximum atomic E-state index is 15.8. The van der Waals surface area contributed by atoms with Crippen molar-refractivity contribution in [1.82, 2.24) is 31.1 Å². The van der Waals surface area contributed by atoms with E-state index < -0.39 is 24.4 Å². The average Bonchev–Trinajstić information content (AvgIpc) is 2.93. The van der Waals surface area contributed by atoms with E-state index in [1.807, 2.05) is 0 Å². The van der Waals surface area contributed by atoms with Gasteiger partial charge in [0.15, 0.2) is 0 Å². The number of amides is 2. The summed E-state index contributed by atoms with van der Waals surface area (Å²) in [7, 11) is 0. The van der Waals surface area contributed by atoms with Gasteiger partial charge in [0.2, 0.25) is 0 Å². The van der Waals surface area contributed by atoms with Crippen molar-refractivity contribution in [2.45, 2.75) is 134 Å². The van der Waals surface area contributed by atoms with Crippen LogP contribution in [0.4, 0.5) is 13.6 Å². The standard InChI is InChI=1S/C31H54F2N6O2/c1-16(2)25-27-20(10-11-34-25)7-6-12-41-28-23(33)9-8-22(32)24(28)26-17(3)13-21-29(37-31(40)39(27)30(21)36-26)38-15-18(4)35-14-19(38)5/h16-30,34-36H,6-15H2,1-5H3,(H,37,40)/t17?,18-,19+,20?,21?,22?,23?,24?,25?,26?,27?,28?,29?,30?/m1/s1. The molecule has 0 radical (unpaired) electrons. The predicted molar refractivity (Wildman–Crippen MR) is 156 cm³/mol. The number of carbonyl (C=O) groups excluding carboxylic acids is 1. The zero-order valence-corrected chi connectivity index (χ0v) is 25.7. The van der Waals surface area contributed by atoms with Gasteiger partial charge < -0.3 is 25.6 Å². The van der Waals surface area contributed by atoms with Crippen LogP contribution in [0.5, 0.6) is 0 Å². The third kappa shape index (κ3) is 5.54. The Kier molecular flexibility index (Phi) is 8.87. The van der Waals surface area contributed by atoms with Gasteiger partial charge in [0.1, 0.15) is 12.3 Å². The van der Waals surface area contributed by atoms with Crippen LogP contribution in [0.2, 0.25) is 0 Å². The van der Waals surface area contributed by atoms with Crippen LogP contribution < -0.4 is 21.3 Å². The fourth-order valence-electron chi connectivity index (χ4n) is 9.49. The number of hydrogen-bond donors (Lipinski definition) is 4. The third-order valence-corrected chi connectivity index (χ3v) is 11.5. The second-order valence-corrected chi connectivity index (χ2v) is 14.6. The number of halogens is 2. The topological polar surface area (TPSA) is 80.9 Å². The first-order chi connectivity index (χ1) is 19.7. The quantitative estimate of drug-likeness (QED) is 0.402. The van der Waals surface area contributed by atoms with Crippen molar-refractivity contribution >= 4 is 6.03 Å². The van der Waals surface area contributed by atoms with Crippen molar-refractivity contribution in [3.63, 3.8) is 0 Å². The molecule has 4 N–H and O–H groups in total. The van der Waals surface area contributed by atoms with E-state index in [1.54, 1.807) is 0 Å². The molecule has 2 amide bonds. The Morgan fingerprint density at radius 2 is 1.78 bits per heavy atom. The predicted octanol–water partition coefficient (Wildman–Crippen LogP) is 3.23. The molecule has 0 aromatic carbocycles. The van der Waals surface area contributed by atoms with E-state index in [2.05, 4.69) is 65.7 Å². The normalized spacial score (nSPS) is 49.8. The molecule has 5 heterocycles. The van der Waals surface area contributed by atoms with Crippen molar-refractivity contribution in [1.29, 1.82) is 0 Å². The smallest absolute Gasteiger partial charge is 0.320 e. The molecule has 5 aliphatic heterocycles. The molecule has 6 aliphatic rings. The first-order valence-electron chi connectivity index (χ1n) is 16.6. The lowest BCUT2D eigenvalue weighted by Crippen LogP contribution is -2.80. The highest BCUT2D eigenvalue weighted by Crippen LogP contribution is 2.44. The van der Waals surface area contributed by atoms with Gasteiger partial charge in [-0.15, -0.1) is 0 Å². The molecular formula is C31H54F2N6O2. The number of fused-ring (bicyclic) bond motifs is 5. The number of nitrogens with one attached hydrogen (secondary N) is 4. The number of ether oxygens (including phenoxy) is 1. The van der Waals surface area contributed by atoms with Crippen LogP contribution in [-0.2, 0) is 4.74 Å². The largest absolute Gasteiger partial charge is 0.375 e. The van der Waals surface area contributed by atoms with Crippen molar-refractivity contribution < 1.29 is 18.3 Å². The highest BCUT2D eigenvalue weighted by atomic mass is 19.1. The van der Waals surface area contributed by atoms with Crippen LogP contribution in [-0.4, -0.2) is 103 Å². The molecule has 0 aromatic rings. The molecule has 2 bridgehead atoms. The molecule has 0 spiro atoms. The molecule has 0 aromatic heterocycles. The summed E-state index contributed by atoms with van der Waals surface area (Å²) in [6.07, 6.45) is 0.659. The van der Waals surface area contributed by atoms with Gasteiger partial charge in [-0.2, -0.15) is 0 Å². The van der Waals surface area contributed by atoms with Gasteiger partial charge in [-0.25, -0.2) is 13.6 Å². The van der Waals surface area contributed by atoms with Crippen LogP contribution in [0.15, 0.2) is 0 Å². The van der Waals surface area contributed by atoms with E-state index in [1.165, 1.54) is 0 Å². The Labute approximate surface area is 245 Å². The number of rotatable bonds is 2. The Hall–Kier alpha value is -1.07. The third-order valence-electron chi connectivity index (χ3n) is 11.5. The van der Waals surface area contributed by atoms with Crippen molar-refractivity contribution in [2.24, 2.45) is 29.6 Å². The van der Waals surface area contributed by atoms with Gasteiger partial charge in [-0.1, -0.05) is 20.8 Å². The van der Waals surface area contributed by atoms with Gasteiger partial charge in [0.05, 0.1) is 24.5 Å². The number of hydrogen-bond acceptors (Lipinski definition) is 6. The van der Waals surface area contributed by atoms with Crippen LogP contribution >= 0.6 is 0 Å². The minimum absolute atomic E-state index is 0.0199. The number of alkyl halides is 2. The lowest BCUT2D eigenvalue weighted by molar-refractivity contribution is -0.132. The first kappa shape index (κ1) is 30.0. The summed E-state index contributed by atoms with van der Waals surface area (Å²) in [5.41, 5.74) is 0. The minimum atomic E-state index is -1.15. The van der Waals surface area contributed by atoms with Gasteiger partial charge in [-0.3, -0.25) is 10.2 Å². The fraction of sp³-hybridized carbons (Fsp3) is 0.968. The van der Waals surface area contributed by atoms with Gasteiger partial charge in [0.25, 0.3) is 0 Å². The van der Waals surface area contributed by atoms with Gasteiger partial charge in [-0.05, 0) is 76.7 Å². The van der Waals surface area contributed by atoms with Crippen LogP contribution in [0, 0.1) is 29.6 Å². The number of piperidine rings is 2. The summed E-state index contributed by atoms with van der Waals surface area (Å²) < 4.78 is 37.6. The second kappa shape index (κ2) is 12.1. The molecule has 12 unspecified atom stereocenters. The summed E-state index contributed by atoms with van der Waals surface area (Å²) in [6, 6.07) is 0.544. The lowest BCUT2D eigenvalue weighted by Gasteiger charge is -2.61. The molecule has 5 saturated heterocycles. The van der Waals surface area contributed by atoms with E-state index in [0.717, 1.165) is 45.3 Å². The van der Waals surface area contributed by atoms with E-state index in [9.17, 15) is 4.79 Å². The molecule has 10 heteroatoms. The number of nitrogens with zero attached hydrogens (tertiary/aromatic N) is 2. The van der Waals surface area contributed by atoms with Crippen molar-refractivity contribution in [2.75, 3.05) is 26.2 Å². The number of urea groups is 1. The van der Waals surface area contributed by atoms with Gasteiger partial charge in [0, 0.05) is 55.7 Å². The lowest BCUT2D eigenvalue weighted by atomic mass is 9.69. The fourth-order valence-corrected chi connectivity index (χ4v) is 9.49. The maximum absolute atomic E-state index is 15.8. The molecule has 14 atom stereocenters. The van der Waals surface area contributed by atoms with E-state index in [4.69, 9.17) is 4.74 Å². The first-order valence-corrected chi connectivity index (χ1v) is 16.6. The highest BCUT2D eigenvalue weighted by Gasteiger charge is 2.57. The molecule has 1 aliphatic carbocycles. The molecular weight excluding hydrogens is 526 g/mol. The Morgan fingerprint density at radius 3 is 2.56 bits per heavy atom. The summed E-state index contributed by atoms with van der Waals surface area (Å²) in [5, 5.41) is 14.8. The summed E-state index contributed by atoms with van der Waals surface area (Å²) in [6.45, 7) is 14.2. The van der Waals surface area contributed by atoms with E-state index in [-0.39, 0.29) is 67.2 Å². The highest BCUT2D eigenvalue weighted by molar-refractivity contribution is 5.76. The molecule has 234 valence electrons. The zero-order chi connectivity index (χ0) is 29.0. The monoisotopic (exact) mass is 580 g/mol. The van der Waals surface area contributed by atoms with Crippen LogP contribution in [0.3, 0.4) is 0 Å². The van der Waals surface area contributed by atoms with Crippen molar-refractivity contribution in [3.8, 4) is 0 Å². The molecule has 8 nitrogen and oxygen atoms in total. The second-order valence-electron chi connectivity index (χ2n) is 14.6. The van der Waals surface area contributed by atoms with Gasteiger partial charge >= 0.3 is 6.03 Å². The molecule has 6 fully saturated rings.